The van der Waals surface area contributed by atoms with E-state index in [1.165, 1.54) is 0 Å². The van der Waals surface area contributed by atoms with Gasteiger partial charge in [0, 0.05) is 25.8 Å². The molecule has 0 aliphatic carbocycles. The van der Waals surface area contributed by atoms with E-state index < -0.39 is 0 Å². The third kappa shape index (κ3) is 3.93. The highest BCUT2D eigenvalue weighted by Gasteiger charge is 2.06. The molecule has 0 fully saturated rings. The van der Waals surface area contributed by atoms with Crippen LogP contribution in [0.15, 0.2) is 54.6 Å². The van der Waals surface area contributed by atoms with E-state index in [4.69, 9.17) is 4.74 Å². The SMILES string of the molecule is COCCCNC(=O)c1cccc(-c2ccccc2)c1. The van der Waals surface area contributed by atoms with Gasteiger partial charge in [-0.05, 0) is 29.7 Å². The largest absolute Gasteiger partial charge is 0.385 e. The Morgan fingerprint density at radius 1 is 1.05 bits per heavy atom. The predicted octanol–water partition coefficient (Wildman–Crippen LogP) is 3.12. The Kier molecular flexibility index (Phi) is 5.33. The minimum atomic E-state index is -0.0427. The predicted molar refractivity (Wildman–Crippen MR) is 80.7 cm³/mol. The number of benzene rings is 2. The summed E-state index contributed by atoms with van der Waals surface area (Å²) in [4.78, 5) is 12.0. The van der Waals surface area contributed by atoms with Crippen molar-refractivity contribution >= 4 is 5.91 Å². The topological polar surface area (TPSA) is 38.3 Å². The number of methoxy groups -OCH3 is 1. The van der Waals surface area contributed by atoms with Crippen LogP contribution in [0.5, 0.6) is 0 Å². The van der Waals surface area contributed by atoms with E-state index in [9.17, 15) is 4.79 Å². The molecular weight excluding hydrogens is 250 g/mol. The average molecular weight is 269 g/mol. The van der Waals surface area contributed by atoms with Gasteiger partial charge in [-0.25, -0.2) is 0 Å². The summed E-state index contributed by atoms with van der Waals surface area (Å²) in [7, 11) is 1.66. The Hall–Kier alpha value is -2.13. The molecule has 0 aliphatic heterocycles. The van der Waals surface area contributed by atoms with Gasteiger partial charge in [0.05, 0.1) is 0 Å². The first-order valence-corrected chi connectivity index (χ1v) is 6.74. The molecule has 0 atom stereocenters. The molecule has 2 rings (SSSR count). The zero-order valence-corrected chi connectivity index (χ0v) is 11.6. The molecule has 0 aliphatic rings. The summed E-state index contributed by atoms with van der Waals surface area (Å²) in [5, 5.41) is 2.89. The van der Waals surface area contributed by atoms with Crippen LogP contribution in [0.2, 0.25) is 0 Å². The van der Waals surface area contributed by atoms with Crippen molar-refractivity contribution in [3.8, 4) is 11.1 Å². The number of carbonyl (C=O) groups is 1. The Labute approximate surface area is 119 Å². The van der Waals surface area contributed by atoms with Crippen LogP contribution in [0.1, 0.15) is 16.8 Å². The average Bonchev–Trinajstić information content (AvgIpc) is 2.52. The maximum Gasteiger partial charge on any atom is 0.251 e. The molecular formula is C17H19NO2. The summed E-state index contributed by atoms with van der Waals surface area (Å²) in [6.07, 6.45) is 0.820. The lowest BCUT2D eigenvalue weighted by Gasteiger charge is -2.07. The fourth-order valence-corrected chi connectivity index (χ4v) is 1.99. The molecule has 0 heterocycles. The molecule has 0 spiro atoms. The number of rotatable bonds is 6. The Balaban J connectivity index is 2.04. The third-order valence-electron chi connectivity index (χ3n) is 3.04. The molecule has 0 radical (unpaired) electrons. The number of nitrogens with one attached hydrogen (secondary N) is 1. The molecule has 20 heavy (non-hydrogen) atoms. The van der Waals surface area contributed by atoms with Crippen molar-refractivity contribution in [2.45, 2.75) is 6.42 Å². The molecule has 2 aromatic carbocycles. The second-order valence-electron chi connectivity index (χ2n) is 4.55. The lowest BCUT2D eigenvalue weighted by atomic mass is 10.0. The van der Waals surface area contributed by atoms with Crippen LogP contribution >= 0.6 is 0 Å². The van der Waals surface area contributed by atoms with Crippen LogP contribution in [0.3, 0.4) is 0 Å². The first kappa shape index (κ1) is 14.3. The molecule has 0 saturated carbocycles. The van der Waals surface area contributed by atoms with Crippen LogP contribution in [-0.2, 0) is 4.74 Å². The summed E-state index contributed by atoms with van der Waals surface area (Å²) in [5.41, 5.74) is 2.85. The quantitative estimate of drug-likeness (QED) is 0.818. The van der Waals surface area contributed by atoms with E-state index in [0.717, 1.165) is 17.5 Å². The van der Waals surface area contributed by atoms with Gasteiger partial charge >= 0.3 is 0 Å². The number of hydrogen-bond donors (Lipinski definition) is 1. The highest BCUT2D eigenvalue weighted by atomic mass is 16.5. The minimum absolute atomic E-state index is 0.0427. The second-order valence-corrected chi connectivity index (χ2v) is 4.55. The van der Waals surface area contributed by atoms with Gasteiger partial charge in [-0.3, -0.25) is 4.79 Å². The first-order valence-electron chi connectivity index (χ1n) is 6.74. The molecule has 0 aromatic heterocycles. The lowest BCUT2D eigenvalue weighted by molar-refractivity contribution is 0.0948. The maximum absolute atomic E-state index is 12.0. The van der Waals surface area contributed by atoms with E-state index in [0.29, 0.717) is 18.7 Å². The molecule has 1 amide bonds. The zero-order valence-electron chi connectivity index (χ0n) is 11.6. The Morgan fingerprint density at radius 3 is 2.55 bits per heavy atom. The normalized spacial score (nSPS) is 10.2. The van der Waals surface area contributed by atoms with E-state index in [2.05, 4.69) is 5.32 Å². The van der Waals surface area contributed by atoms with Crippen LogP contribution in [0.4, 0.5) is 0 Å². The molecule has 2 aromatic rings. The van der Waals surface area contributed by atoms with Gasteiger partial charge in [-0.2, -0.15) is 0 Å². The van der Waals surface area contributed by atoms with Gasteiger partial charge in [-0.1, -0.05) is 42.5 Å². The van der Waals surface area contributed by atoms with Crippen LogP contribution in [0.25, 0.3) is 11.1 Å². The molecule has 104 valence electrons. The molecule has 1 N–H and O–H groups in total. The van der Waals surface area contributed by atoms with Crippen molar-refractivity contribution < 1.29 is 9.53 Å². The van der Waals surface area contributed by atoms with E-state index in [1.807, 2.05) is 54.6 Å². The fourth-order valence-electron chi connectivity index (χ4n) is 1.99. The molecule has 0 saturated heterocycles. The second kappa shape index (κ2) is 7.46. The molecule has 0 unspecified atom stereocenters. The van der Waals surface area contributed by atoms with E-state index in [1.54, 1.807) is 7.11 Å². The van der Waals surface area contributed by atoms with Crippen LogP contribution in [-0.4, -0.2) is 26.2 Å². The molecule has 3 heteroatoms. The van der Waals surface area contributed by atoms with Crippen molar-refractivity contribution in [3.05, 3.63) is 60.2 Å². The van der Waals surface area contributed by atoms with Crippen molar-refractivity contribution in [3.63, 3.8) is 0 Å². The Bertz CT molecular complexity index is 552. The van der Waals surface area contributed by atoms with E-state index >= 15 is 0 Å². The summed E-state index contributed by atoms with van der Waals surface area (Å²) in [6.45, 7) is 1.28. The number of amides is 1. The third-order valence-corrected chi connectivity index (χ3v) is 3.04. The van der Waals surface area contributed by atoms with Gasteiger partial charge in [0.1, 0.15) is 0 Å². The van der Waals surface area contributed by atoms with Crippen molar-refractivity contribution in [1.82, 2.24) is 5.32 Å². The summed E-state index contributed by atoms with van der Waals surface area (Å²) in [5.74, 6) is -0.0427. The van der Waals surface area contributed by atoms with E-state index in [-0.39, 0.29) is 5.91 Å². The fraction of sp³-hybridized carbons (Fsp3) is 0.235. The lowest BCUT2D eigenvalue weighted by Crippen LogP contribution is -2.25. The van der Waals surface area contributed by atoms with Crippen molar-refractivity contribution in [2.75, 3.05) is 20.3 Å². The number of carbonyl (C=O) groups excluding carboxylic acids is 1. The first-order chi connectivity index (χ1) is 9.81. The van der Waals surface area contributed by atoms with Gasteiger partial charge in [-0.15, -0.1) is 0 Å². The minimum Gasteiger partial charge on any atom is -0.385 e. The summed E-state index contributed by atoms with van der Waals surface area (Å²) < 4.78 is 4.95. The van der Waals surface area contributed by atoms with Crippen molar-refractivity contribution in [2.24, 2.45) is 0 Å². The standard InChI is InChI=1S/C17H19NO2/c1-20-12-6-11-18-17(19)16-10-5-9-15(13-16)14-7-3-2-4-8-14/h2-5,7-10,13H,6,11-12H2,1H3,(H,18,19). The molecule has 3 nitrogen and oxygen atoms in total. The van der Waals surface area contributed by atoms with Crippen LogP contribution in [0, 0.1) is 0 Å². The number of ether oxygens (including phenoxy) is 1. The Morgan fingerprint density at radius 2 is 1.80 bits per heavy atom. The summed E-state index contributed by atoms with van der Waals surface area (Å²) in [6, 6.07) is 17.7. The molecule has 0 bridgehead atoms. The highest BCUT2D eigenvalue weighted by molar-refractivity contribution is 5.95. The maximum atomic E-state index is 12.0. The van der Waals surface area contributed by atoms with Gasteiger partial charge in [0.15, 0.2) is 0 Å². The van der Waals surface area contributed by atoms with Gasteiger partial charge in [0.25, 0.3) is 5.91 Å². The van der Waals surface area contributed by atoms with Gasteiger partial charge < -0.3 is 10.1 Å². The highest BCUT2D eigenvalue weighted by Crippen LogP contribution is 2.19. The zero-order chi connectivity index (χ0) is 14.2. The summed E-state index contributed by atoms with van der Waals surface area (Å²) >= 11 is 0. The number of hydrogen-bond acceptors (Lipinski definition) is 2. The van der Waals surface area contributed by atoms with Gasteiger partial charge in [0.2, 0.25) is 0 Å². The smallest absolute Gasteiger partial charge is 0.251 e. The monoisotopic (exact) mass is 269 g/mol. The van der Waals surface area contributed by atoms with Crippen LogP contribution < -0.4 is 5.32 Å². The van der Waals surface area contributed by atoms with Crippen molar-refractivity contribution in [1.29, 1.82) is 0 Å².